The maximum atomic E-state index is 13.9. The molecule has 0 spiro atoms. The third-order valence-electron chi connectivity index (χ3n) is 5.79. The van der Waals surface area contributed by atoms with Crippen molar-refractivity contribution in [2.75, 3.05) is 38.6 Å². The van der Waals surface area contributed by atoms with Crippen LogP contribution in [0.2, 0.25) is 0 Å². The Hall–Kier alpha value is -3.39. The van der Waals surface area contributed by atoms with E-state index in [0.29, 0.717) is 25.6 Å². The molecule has 33 heavy (non-hydrogen) atoms. The number of carbonyl (C=O) groups is 1. The van der Waals surface area contributed by atoms with E-state index in [0.717, 1.165) is 41.9 Å². The van der Waals surface area contributed by atoms with Crippen LogP contribution in [0.1, 0.15) is 30.1 Å². The standard InChI is InChI=1S/C25H29FN6O/c1-31(2)25-29-15-22(18-7-5-9-20(26)13-18)24(30-25)19-8-6-12-32(16-19)17-23(33)28-14-21-10-3-4-11-27-21/h3-5,7,9-11,13,15,19H,6,8,12,14,16-17H2,1-2H3,(H,28,33)/t19-/m1/s1. The fourth-order valence-electron chi connectivity index (χ4n) is 4.16. The second kappa shape index (κ2) is 10.5. The zero-order valence-corrected chi connectivity index (χ0v) is 19.0. The van der Waals surface area contributed by atoms with Gasteiger partial charge in [0.25, 0.3) is 0 Å². The average Bonchev–Trinajstić information content (AvgIpc) is 2.83. The molecule has 0 saturated carbocycles. The number of hydrogen-bond acceptors (Lipinski definition) is 6. The topological polar surface area (TPSA) is 74.2 Å². The smallest absolute Gasteiger partial charge is 0.234 e. The van der Waals surface area contributed by atoms with Crippen LogP contribution in [0.15, 0.2) is 54.9 Å². The predicted octanol–water partition coefficient (Wildman–Crippen LogP) is 3.24. The summed E-state index contributed by atoms with van der Waals surface area (Å²) < 4.78 is 13.9. The minimum Gasteiger partial charge on any atom is -0.349 e. The van der Waals surface area contributed by atoms with Crippen LogP contribution in [-0.4, -0.2) is 59.5 Å². The highest BCUT2D eigenvalue weighted by Gasteiger charge is 2.27. The Morgan fingerprint density at radius 2 is 2.09 bits per heavy atom. The third kappa shape index (κ3) is 5.90. The van der Waals surface area contributed by atoms with Crippen molar-refractivity contribution in [2.24, 2.45) is 0 Å². The molecule has 0 unspecified atom stereocenters. The molecule has 172 valence electrons. The SMILES string of the molecule is CN(C)c1ncc(-c2cccc(F)c2)c([C@@H]2CCCN(CC(=O)NCc3ccccn3)C2)n1. The van der Waals surface area contributed by atoms with E-state index in [1.54, 1.807) is 18.5 Å². The first-order chi connectivity index (χ1) is 16.0. The van der Waals surface area contributed by atoms with Crippen molar-refractivity contribution in [3.63, 3.8) is 0 Å². The summed E-state index contributed by atoms with van der Waals surface area (Å²) in [6.07, 6.45) is 5.42. The van der Waals surface area contributed by atoms with Gasteiger partial charge in [-0.3, -0.25) is 14.7 Å². The molecule has 1 N–H and O–H groups in total. The van der Waals surface area contributed by atoms with Gasteiger partial charge >= 0.3 is 0 Å². The van der Waals surface area contributed by atoms with Crippen LogP contribution in [-0.2, 0) is 11.3 Å². The molecule has 2 aromatic heterocycles. The Bertz CT molecular complexity index is 1090. The van der Waals surface area contributed by atoms with Crippen molar-refractivity contribution in [2.45, 2.75) is 25.3 Å². The van der Waals surface area contributed by atoms with Crippen LogP contribution >= 0.6 is 0 Å². The molecule has 0 radical (unpaired) electrons. The lowest BCUT2D eigenvalue weighted by Crippen LogP contribution is -2.42. The summed E-state index contributed by atoms with van der Waals surface area (Å²) in [7, 11) is 3.81. The molecular formula is C25H29FN6O. The molecule has 8 heteroatoms. The van der Waals surface area contributed by atoms with E-state index in [4.69, 9.17) is 4.98 Å². The summed E-state index contributed by atoms with van der Waals surface area (Å²) in [5.74, 6) is 0.436. The van der Waals surface area contributed by atoms with Gasteiger partial charge in [-0.2, -0.15) is 0 Å². The zero-order chi connectivity index (χ0) is 23.2. The van der Waals surface area contributed by atoms with Crippen molar-refractivity contribution >= 4 is 11.9 Å². The van der Waals surface area contributed by atoms with E-state index >= 15 is 0 Å². The fraction of sp³-hybridized carbons (Fsp3) is 0.360. The number of nitrogens with zero attached hydrogens (tertiary/aromatic N) is 5. The number of rotatable bonds is 7. The van der Waals surface area contributed by atoms with Gasteiger partial charge in [-0.05, 0) is 49.2 Å². The molecule has 4 rings (SSSR count). The minimum atomic E-state index is -0.287. The summed E-state index contributed by atoms with van der Waals surface area (Å²) in [5.41, 5.74) is 3.34. The first-order valence-electron chi connectivity index (χ1n) is 11.2. The number of anilines is 1. The number of aromatic nitrogens is 3. The number of carbonyl (C=O) groups excluding carboxylic acids is 1. The van der Waals surface area contributed by atoms with Crippen LogP contribution in [0.3, 0.4) is 0 Å². The monoisotopic (exact) mass is 448 g/mol. The Morgan fingerprint density at radius 1 is 1.21 bits per heavy atom. The molecule has 1 aliphatic rings. The van der Waals surface area contributed by atoms with Crippen LogP contribution in [0.5, 0.6) is 0 Å². The van der Waals surface area contributed by atoms with Gasteiger partial charge in [0.15, 0.2) is 0 Å². The molecular weight excluding hydrogens is 419 g/mol. The first kappa shape index (κ1) is 22.8. The molecule has 1 aromatic carbocycles. The second-order valence-electron chi connectivity index (χ2n) is 8.55. The van der Waals surface area contributed by atoms with E-state index < -0.39 is 0 Å². The van der Waals surface area contributed by atoms with E-state index in [2.05, 4.69) is 20.2 Å². The maximum absolute atomic E-state index is 13.9. The molecule has 1 fully saturated rings. The zero-order valence-electron chi connectivity index (χ0n) is 19.0. The summed E-state index contributed by atoms with van der Waals surface area (Å²) >= 11 is 0. The molecule has 1 aliphatic heterocycles. The molecule has 3 heterocycles. The van der Waals surface area contributed by atoms with E-state index in [9.17, 15) is 9.18 Å². The predicted molar refractivity (Wildman–Crippen MR) is 126 cm³/mol. The van der Waals surface area contributed by atoms with Gasteiger partial charge in [0.05, 0.1) is 24.5 Å². The number of piperidine rings is 1. The van der Waals surface area contributed by atoms with Gasteiger partial charge < -0.3 is 10.2 Å². The quantitative estimate of drug-likeness (QED) is 0.598. The third-order valence-corrected chi connectivity index (χ3v) is 5.79. The lowest BCUT2D eigenvalue weighted by molar-refractivity contribution is -0.122. The Kier molecular flexibility index (Phi) is 7.24. The van der Waals surface area contributed by atoms with Gasteiger partial charge in [0.1, 0.15) is 5.82 Å². The number of amides is 1. The molecule has 0 bridgehead atoms. The van der Waals surface area contributed by atoms with Crippen LogP contribution in [0, 0.1) is 5.82 Å². The average molecular weight is 449 g/mol. The van der Waals surface area contributed by atoms with E-state index in [1.807, 2.05) is 43.3 Å². The van der Waals surface area contributed by atoms with Crippen molar-refractivity contribution in [1.29, 1.82) is 0 Å². The Labute approximate surface area is 193 Å². The van der Waals surface area contributed by atoms with Gasteiger partial charge in [-0.1, -0.05) is 18.2 Å². The number of nitrogens with one attached hydrogen (secondary N) is 1. The van der Waals surface area contributed by atoms with Gasteiger partial charge in [0.2, 0.25) is 11.9 Å². The van der Waals surface area contributed by atoms with Gasteiger partial charge in [0, 0.05) is 44.5 Å². The largest absolute Gasteiger partial charge is 0.349 e. The number of likely N-dealkylation sites (tertiary alicyclic amines) is 1. The fourth-order valence-corrected chi connectivity index (χ4v) is 4.16. The first-order valence-corrected chi connectivity index (χ1v) is 11.2. The normalized spacial score (nSPS) is 16.4. The van der Waals surface area contributed by atoms with Crippen LogP contribution in [0.25, 0.3) is 11.1 Å². The second-order valence-corrected chi connectivity index (χ2v) is 8.55. The van der Waals surface area contributed by atoms with Gasteiger partial charge in [-0.25, -0.2) is 14.4 Å². The summed E-state index contributed by atoms with van der Waals surface area (Å²) in [6, 6.07) is 12.2. The summed E-state index contributed by atoms with van der Waals surface area (Å²) in [6.45, 7) is 2.31. The Morgan fingerprint density at radius 3 is 2.85 bits per heavy atom. The van der Waals surface area contributed by atoms with Gasteiger partial charge in [-0.15, -0.1) is 0 Å². The van der Waals surface area contributed by atoms with Crippen molar-refractivity contribution in [3.05, 3.63) is 72.1 Å². The minimum absolute atomic E-state index is 0.0247. The number of pyridine rings is 1. The van der Waals surface area contributed by atoms with Crippen molar-refractivity contribution < 1.29 is 9.18 Å². The summed E-state index contributed by atoms with van der Waals surface area (Å²) in [5, 5.41) is 2.95. The van der Waals surface area contributed by atoms with Crippen LogP contribution in [0.4, 0.5) is 10.3 Å². The van der Waals surface area contributed by atoms with Crippen LogP contribution < -0.4 is 10.2 Å². The number of hydrogen-bond donors (Lipinski definition) is 1. The highest BCUT2D eigenvalue weighted by molar-refractivity contribution is 5.78. The lowest BCUT2D eigenvalue weighted by Gasteiger charge is -2.33. The number of benzene rings is 1. The van der Waals surface area contributed by atoms with E-state index in [-0.39, 0.29) is 17.6 Å². The Balaban J connectivity index is 1.49. The van der Waals surface area contributed by atoms with E-state index in [1.165, 1.54) is 12.1 Å². The molecule has 1 amide bonds. The molecule has 1 saturated heterocycles. The molecule has 0 aliphatic carbocycles. The van der Waals surface area contributed by atoms with Crippen molar-refractivity contribution in [1.82, 2.24) is 25.2 Å². The lowest BCUT2D eigenvalue weighted by atomic mass is 9.90. The number of halogens is 1. The molecule has 3 aromatic rings. The van der Waals surface area contributed by atoms with Crippen molar-refractivity contribution in [3.8, 4) is 11.1 Å². The molecule has 1 atom stereocenters. The molecule has 7 nitrogen and oxygen atoms in total. The summed E-state index contributed by atoms with van der Waals surface area (Å²) in [4.78, 5) is 30.1. The highest BCUT2D eigenvalue weighted by atomic mass is 19.1. The maximum Gasteiger partial charge on any atom is 0.234 e. The highest BCUT2D eigenvalue weighted by Crippen LogP contribution is 2.34.